The highest BCUT2D eigenvalue weighted by atomic mass is 32.2. The van der Waals surface area contributed by atoms with Crippen molar-refractivity contribution in [3.63, 3.8) is 0 Å². The molecule has 0 saturated carbocycles. The number of hydrogen-bond acceptors (Lipinski definition) is 6. The summed E-state index contributed by atoms with van der Waals surface area (Å²) in [5.74, 6) is -1.62. The zero-order valence-electron chi connectivity index (χ0n) is 10.4. The molecule has 2 aromatic rings. The summed E-state index contributed by atoms with van der Waals surface area (Å²) in [6.45, 7) is 0. The Bertz CT molecular complexity index is 809. The van der Waals surface area contributed by atoms with Gasteiger partial charge in [0.05, 0.1) is 10.7 Å². The lowest BCUT2D eigenvalue weighted by molar-refractivity contribution is -0.387. The van der Waals surface area contributed by atoms with Crippen LogP contribution in [0.15, 0.2) is 41.3 Å². The van der Waals surface area contributed by atoms with Crippen LogP contribution in [0.4, 0.5) is 5.69 Å². The van der Waals surface area contributed by atoms with E-state index in [1.54, 1.807) is 0 Å². The van der Waals surface area contributed by atoms with Crippen LogP contribution in [0.2, 0.25) is 0 Å². The molecule has 0 unspecified atom stereocenters. The van der Waals surface area contributed by atoms with Gasteiger partial charge in [-0.2, -0.15) is 0 Å². The first-order chi connectivity index (χ1) is 9.81. The molecule has 0 fully saturated rings. The van der Waals surface area contributed by atoms with Crippen LogP contribution < -0.4 is 0 Å². The van der Waals surface area contributed by atoms with Crippen molar-refractivity contribution in [3.05, 3.63) is 56.3 Å². The van der Waals surface area contributed by atoms with Gasteiger partial charge in [0.1, 0.15) is 9.77 Å². The molecule has 7 nitrogen and oxygen atoms in total. The predicted octanol–water partition coefficient (Wildman–Crippen LogP) is 2.33. The summed E-state index contributed by atoms with van der Waals surface area (Å²) in [6, 6.07) is 7.75. The van der Waals surface area contributed by atoms with E-state index in [1.807, 2.05) is 0 Å². The molecule has 0 saturated heterocycles. The van der Waals surface area contributed by atoms with E-state index in [1.165, 1.54) is 30.3 Å². The Morgan fingerprint density at radius 1 is 1.24 bits per heavy atom. The summed E-state index contributed by atoms with van der Waals surface area (Å²) >= 11 is 0.828. The topological polar surface area (TPSA) is 115 Å². The number of nitrogens with zero attached hydrogens (tertiary/aromatic N) is 1. The molecular weight excluding hydrogens is 318 g/mol. The maximum absolute atomic E-state index is 12.3. The maximum Gasteiger partial charge on any atom is 0.345 e. The number of benzene rings is 1. The molecule has 0 aliphatic heterocycles. The van der Waals surface area contributed by atoms with Gasteiger partial charge in [0.2, 0.25) is 0 Å². The van der Waals surface area contributed by atoms with Gasteiger partial charge in [-0.1, -0.05) is 12.1 Å². The summed E-state index contributed by atoms with van der Waals surface area (Å²) in [4.78, 5) is 20.8. The molecule has 9 heteroatoms. The Morgan fingerprint density at radius 3 is 2.48 bits per heavy atom. The van der Waals surface area contributed by atoms with E-state index in [-0.39, 0.29) is 9.77 Å². The van der Waals surface area contributed by atoms with Crippen LogP contribution in [-0.2, 0) is 15.6 Å². The van der Waals surface area contributed by atoms with Crippen molar-refractivity contribution in [2.24, 2.45) is 0 Å². The molecule has 0 atom stereocenters. The van der Waals surface area contributed by atoms with E-state index in [2.05, 4.69) is 0 Å². The van der Waals surface area contributed by atoms with E-state index in [9.17, 15) is 23.3 Å². The number of nitro benzene ring substituents is 1. The molecule has 0 spiro atoms. The number of carbonyl (C=O) groups is 1. The summed E-state index contributed by atoms with van der Waals surface area (Å²) in [7, 11) is -3.93. The van der Waals surface area contributed by atoms with Crippen LogP contribution in [0.3, 0.4) is 0 Å². The smallest absolute Gasteiger partial charge is 0.345 e. The Balaban J connectivity index is 2.38. The summed E-state index contributed by atoms with van der Waals surface area (Å²) < 4.78 is 24.5. The number of thiophene rings is 1. The Morgan fingerprint density at radius 2 is 1.90 bits per heavy atom. The van der Waals surface area contributed by atoms with Gasteiger partial charge < -0.3 is 5.11 Å². The first-order valence-corrected chi connectivity index (χ1v) is 8.06. The van der Waals surface area contributed by atoms with Crippen molar-refractivity contribution in [3.8, 4) is 0 Å². The molecule has 1 aromatic heterocycles. The fourth-order valence-corrected chi connectivity index (χ4v) is 4.42. The van der Waals surface area contributed by atoms with E-state index >= 15 is 0 Å². The van der Waals surface area contributed by atoms with E-state index in [0.29, 0.717) is 4.88 Å². The average Bonchev–Trinajstić information content (AvgIpc) is 2.86. The minimum atomic E-state index is -3.93. The molecule has 2 rings (SSSR count). The van der Waals surface area contributed by atoms with Gasteiger partial charge in [-0.25, -0.2) is 13.2 Å². The van der Waals surface area contributed by atoms with Gasteiger partial charge >= 0.3 is 5.97 Å². The number of rotatable bonds is 5. The Hall–Kier alpha value is -2.26. The van der Waals surface area contributed by atoms with Crippen LogP contribution in [0, 0.1) is 10.1 Å². The lowest BCUT2D eigenvalue weighted by Gasteiger charge is -2.03. The molecule has 0 aliphatic carbocycles. The van der Waals surface area contributed by atoms with Crippen molar-refractivity contribution in [1.82, 2.24) is 0 Å². The monoisotopic (exact) mass is 327 g/mol. The SMILES string of the molecule is O=C(O)c1ccc(CS(=O)(=O)c2ccccc2[N+](=O)[O-])s1. The lowest BCUT2D eigenvalue weighted by atomic mass is 10.3. The minimum absolute atomic E-state index is 0.0164. The quantitative estimate of drug-likeness (QED) is 0.665. The molecule has 0 aliphatic rings. The van der Waals surface area contributed by atoms with Gasteiger partial charge in [0.25, 0.3) is 5.69 Å². The second-order valence-electron chi connectivity index (χ2n) is 4.06. The standard InChI is InChI=1S/C12H9NO6S2/c14-12(15)10-6-5-8(20-10)7-21(18,19)11-4-2-1-3-9(11)13(16)17/h1-6H,7H2,(H,14,15). The number of aromatic carboxylic acids is 1. The third-order valence-electron chi connectivity index (χ3n) is 2.60. The summed E-state index contributed by atoms with van der Waals surface area (Å²) in [5.41, 5.74) is -0.493. The van der Waals surface area contributed by atoms with Crippen molar-refractivity contribution in [1.29, 1.82) is 0 Å². The largest absolute Gasteiger partial charge is 0.477 e. The molecule has 110 valence electrons. The third-order valence-corrected chi connectivity index (χ3v) is 5.56. The molecular formula is C12H9NO6S2. The third kappa shape index (κ3) is 3.26. The van der Waals surface area contributed by atoms with Crippen LogP contribution >= 0.6 is 11.3 Å². The van der Waals surface area contributed by atoms with Crippen molar-refractivity contribution >= 4 is 32.8 Å². The first-order valence-electron chi connectivity index (χ1n) is 5.59. The molecule has 1 heterocycles. The van der Waals surface area contributed by atoms with Gasteiger partial charge in [-0.05, 0) is 18.2 Å². The fraction of sp³-hybridized carbons (Fsp3) is 0.0833. The van der Waals surface area contributed by atoms with Crippen LogP contribution in [0.25, 0.3) is 0 Å². The highest BCUT2D eigenvalue weighted by molar-refractivity contribution is 7.91. The zero-order chi connectivity index (χ0) is 15.6. The van der Waals surface area contributed by atoms with Gasteiger partial charge in [0, 0.05) is 10.9 Å². The highest BCUT2D eigenvalue weighted by Gasteiger charge is 2.26. The van der Waals surface area contributed by atoms with Gasteiger partial charge in [0.15, 0.2) is 9.84 Å². The fourth-order valence-electron chi connectivity index (χ4n) is 1.71. The molecule has 21 heavy (non-hydrogen) atoms. The van der Waals surface area contributed by atoms with Crippen molar-refractivity contribution in [2.75, 3.05) is 0 Å². The number of carboxylic acid groups (broad SMARTS) is 1. The van der Waals surface area contributed by atoms with Crippen LogP contribution in [0.1, 0.15) is 14.5 Å². The first kappa shape index (κ1) is 15.1. The van der Waals surface area contributed by atoms with E-state index in [0.717, 1.165) is 17.4 Å². The van der Waals surface area contributed by atoms with Crippen LogP contribution in [-0.4, -0.2) is 24.4 Å². The molecule has 0 bridgehead atoms. The highest BCUT2D eigenvalue weighted by Crippen LogP contribution is 2.28. The number of carboxylic acids is 1. The molecule has 1 aromatic carbocycles. The molecule has 1 N–H and O–H groups in total. The zero-order valence-corrected chi connectivity index (χ0v) is 12.1. The summed E-state index contributed by atoms with van der Waals surface area (Å²) in [5, 5.41) is 19.7. The van der Waals surface area contributed by atoms with E-state index in [4.69, 9.17) is 5.11 Å². The predicted molar refractivity (Wildman–Crippen MR) is 75.3 cm³/mol. The van der Waals surface area contributed by atoms with Gasteiger partial charge in [-0.3, -0.25) is 10.1 Å². The normalized spacial score (nSPS) is 11.2. The lowest BCUT2D eigenvalue weighted by Crippen LogP contribution is -2.07. The molecule has 0 amide bonds. The van der Waals surface area contributed by atoms with Crippen molar-refractivity contribution < 1.29 is 23.2 Å². The van der Waals surface area contributed by atoms with Crippen molar-refractivity contribution in [2.45, 2.75) is 10.6 Å². The Labute approximate surface area is 123 Å². The summed E-state index contributed by atoms with van der Waals surface area (Å²) in [6.07, 6.45) is 0. The minimum Gasteiger partial charge on any atom is -0.477 e. The van der Waals surface area contributed by atoms with Gasteiger partial charge in [-0.15, -0.1) is 11.3 Å². The van der Waals surface area contributed by atoms with E-state index < -0.39 is 32.2 Å². The second-order valence-corrected chi connectivity index (χ2v) is 7.18. The molecule has 0 radical (unpaired) electrons. The second kappa shape index (κ2) is 5.62. The number of hydrogen-bond donors (Lipinski definition) is 1. The number of sulfone groups is 1. The van der Waals surface area contributed by atoms with Crippen LogP contribution in [0.5, 0.6) is 0 Å². The maximum atomic E-state index is 12.3. The number of nitro groups is 1. The average molecular weight is 327 g/mol. The Kier molecular flexibility index (Phi) is 4.05. The number of para-hydroxylation sites is 1.